The number of hydrogen-bond donors (Lipinski definition) is 0. The number of hydrogen-bond acceptors (Lipinski definition) is 5. The van der Waals surface area contributed by atoms with Gasteiger partial charge in [0.05, 0.1) is 18.8 Å². The van der Waals surface area contributed by atoms with Crippen LogP contribution in [0.2, 0.25) is 0 Å². The summed E-state index contributed by atoms with van der Waals surface area (Å²) in [6.07, 6.45) is 7.11. The van der Waals surface area contributed by atoms with Gasteiger partial charge in [-0.15, -0.1) is 0 Å². The molecule has 0 spiro atoms. The predicted octanol–water partition coefficient (Wildman–Crippen LogP) is 1.63. The van der Waals surface area contributed by atoms with E-state index < -0.39 is 0 Å². The molecule has 2 aromatic heterocycles. The first-order valence-corrected chi connectivity index (χ1v) is 6.80. The van der Waals surface area contributed by atoms with Crippen LogP contribution in [0, 0.1) is 6.92 Å². The van der Waals surface area contributed by atoms with E-state index in [-0.39, 0.29) is 0 Å². The lowest BCUT2D eigenvalue weighted by Crippen LogP contribution is -2.41. The maximum atomic E-state index is 5.32. The third-order valence-corrected chi connectivity index (χ3v) is 3.65. The lowest BCUT2D eigenvalue weighted by molar-refractivity contribution is 0.110. The summed E-state index contributed by atoms with van der Waals surface area (Å²) in [5.74, 6) is 0.947. The molecule has 1 saturated heterocycles. The summed E-state index contributed by atoms with van der Waals surface area (Å²) in [6.45, 7) is 4.79. The van der Waals surface area contributed by atoms with E-state index >= 15 is 0 Å². The highest BCUT2D eigenvalue weighted by molar-refractivity contribution is 5.03. The molecule has 2 aromatic rings. The van der Waals surface area contributed by atoms with E-state index in [2.05, 4.69) is 20.1 Å². The third kappa shape index (κ3) is 3.01. The van der Waals surface area contributed by atoms with Crippen LogP contribution in [-0.4, -0.2) is 37.4 Å². The van der Waals surface area contributed by atoms with Crippen LogP contribution >= 0.6 is 0 Å². The molecule has 6 nitrogen and oxygen atoms in total. The lowest BCUT2D eigenvalue weighted by atomic mass is 10.0. The zero-order valence-corrected chi connectivity index (χ0v) is 11.2. The molecular formula is C13H19N5O. The van der Waals surface area contributed by atoms with Crippen molar-refractivity contribution in [1.82, 2.24) is 24.8 Å². The monoisotopic (exact) mass is 261 g/mol. The fraction of sp³-hybridized carbons (Fsp3) is 0.615. The molecule has 1 fully saturated rings. The SMILES string of the molecule is Cc1cc(CN2CCCC[C@H]2Cn2cncn2)on1. The maximum Gasteiger partial charge on any atom is 0.150 e. The Morgan fingerprint density at radius 3 is 3.11 bits per heavy atom. The molecule has 3 rings (SSSR count). The van der Waals surface area contributed by atoms with Gasteiger partial charge < -0.3 is 4.52 Å². The first-order chi connectivity index (χ1) is 9.31. The van der Waals surface area contributed by atoms with Gasteiger partial charge >= 0.3 is 0 Å². The number of rotatable bonds is 4. The summed E-state index contributed by atoms with van der Waals surface area (Å²) in [4.78, 5) is 6.47. The first-order valence-electron chi connectivity index (χ1n) is 6.80. The van der Waals surface area contributed by atoms with Crippen LogP contribution in [0.15, 0.2) is 23.2 Å². The van der Waals surface area contributed by atoms with E-state index in [0.29, 0.717) is 6.04 Å². The molecule has 0 bridgehead atoms. The maximum absolute atomic E-state index is 5.32. The van der Waals surface area contributed by atoms with Crippen LogP contribution in [-0.2, 0) is 13.1 Å². The highest BCUT2D eigenvalue weighted by Gasteiger charge is 2.24. The van der Waals surface area contributed by atoms with Crippen molar-refractivity contribution in [3.05, 3.63) is 30.2 Å². The van der Waals surface area contributed by atoms with E-state index in [1.807, 2.05) is 17.7 Å². The predicted molar refractivity (Wildman–Crippen MR) is 69.3 cm³/mol. The second-order valence-electron chi connectivity index (χ2n) is 5.17. The van der Waals surface area contributed by atoms with Gasteiger partial charge in [0.25, 0.3) is 0 Å². The number of aromatic nitrogens is 4. The molecule has 1 aliphatic rings. The highest BCUT2D eigenvalue weighted by Crippen LogP contribution is 2.21. The summed E-state index contributed by atoms with van der Waals surface area (Å²) < 4.78 is 7.24. The average molecular weight is 261 g/mol. The number of aryl methyl sites for hydroxylation is 1. The van der Waals surface area contributed by atoms with E-state index in [0.717, 1.165) is 31.1 Å². The van der Waals surface area contributed by atoms with Gasteiger partial charge in [-0.25, -0.2) is 4.98 Å². The van der Waals surface area contributed by atoms with Crippen molar-refractivity contribution in [2.24, 2.45) is 0 Å². The van der Waals surface area contributed by atoms with Crippen LogP contribution in [0.25, 0.3) is 0 Å². The Morgan fingerprint density at radius 1 is 1.42 bits per heavy atom. The van der Waals surface area contributed by atoms with Crippen LogP contribution < -0.4 is 0 Å². The zero-order valence-electron chi connectivity index (χ0n) is 11.2. The summed E-state index contributed by atoms with van der Waals surface area (Å²) in [5.41, 5.74) is 0.944. The van der Waals surface area contributed by atoms with Crippen LogP contribution in [0.1, 0.15) is 30.7 Å². The van der Waals surface area contributed by atoms with Crippen LogP contribution in [0.4, 0.5) is 0 Å². The van der Waals surface area contributed by atoms with Crippen molar-refractivity contribution in [3.63, 3.8) is 0 Å². The molecular weight excluding hydrogens is 242 g/mol. The number of piperidine rings is 1. The van der Waals surface area contributed by atoms with E-state index in [1.165, 1.54) is 19.3 Å². The summed E-state index contributed by atoms with van der Waals surface area (Å²) in [5, 5.41) is 8.15. The van der Waals surface area contributed by atoms with Gasteiger partial charge in [-0.2, -0.15) is 5.10 Å². The van der Waals surface area contributed by atoms with E-state index in [4.69, 9.17) is 4.52 Å². The molecule has 6 heteroatoms. The number of likely N-dealkylation sites (tertiary alicyclic amines) is 1. The summed E-state index contributed by atoms with van der Waals surface area (Å²) in [7, 11) is 0. The zero-order chi connectivity index (χ0) is 13.1. The minimum atomic E-state index is 0.501. The van der Waals surface area contributed by atoms with Gasteiger partial charge in [0, 0.05) is 12.1 Å². The first kappa shape index (κ1) is 12.3. The molecule has 3 heterocycles. The van der Waals surface area contributed by atoms with E-state index in [1.54, 1.807) is 12.7 Å². The molecule has 0 saturated carbocycles. The van der Waals surface area contributed by atoms with Crippen molar-refractivity contribution in [1.29, 1.82) is 0 Å². The second kappa shape index (κ2) is 5.52. The molecule has 0 radical (unpaired) electrons. The topological polar surface area (TPSA) is 60.0 Å². The normalized spacial score (nSPS) is 20.8. The largest absolute Gasteiger partial charge is 0.360 e. The highest BCUT2D eigenvalue weighted by atomic mass is 16.5. The average Bonchev–Trinajstić information content (AvgIpc) is 3.04. The molecule has 0 unspecified atom stereocenters. The molecule has 1 aliphatic heterocycles. The third-order valence-electron chi connectivity index (χ3n) is 3.65. The minimum Gasteiger partial charge on any atom is -0.360 e. The Hall–Kier alpha value is -1.69. The fourth-order valence-corrected chi connectivity index (χ4v) is 2.71. The standard InChI is InChI=1S/C13H19N5O/c1-11-6-13(19-16-11)8-17-5-3-2-4-12(17)7-18-10-14-9-15-18/h6,9-10,12H,2-5,7-8H2,1H3/t12-/m0/s1. The lowest BCUT2D eigenvalue weighted by Gasteiger charge is -2.34. The van der Waals surface area contributed by atoms with Gasteiger partial charge in [-0.3, -0.25) is 9.58 Å². The molecule has 0 amide bonds. The summed E-state index contributed by atoms with van der Waals surface area (Å²) in [6, 6.07) is 2.52. The van der Waals surface area contributed by atoms with E-state index in [9.17, 15) is 0 Å². The van der Waals surface area contributed by atoms with Crippen molar-refractivity contribution in [2.45, 2.75) is 45.3 Å². The Balaban J connectivity index is 1.66. The smallest absolute Gasteiger partial charge is 0.150 e. The van der Waals surface area contributed by atoms with Crippen LogP contribution in [0.5, 0.6) is 0 Å². The van der Waals surface area contributed by atoms with Gasteiger partial charge in [-0.1, -0.05) is 11.6 Å². The quantitative estimate of drug-likeness (QED) is 0.837. The molecule has 0 N–H and O–H groups in total. The second-order valence-corrected chi connectivity index (χ2v) is 5.17. The van der Waals surface area contributed by atoms with Gasteiger partial charge in [-0.05, 0) is 26.3 Å². The summed E-state index contributed by atoms with van der Waals surface area (Å²) >= 11 is 0. The van der Waals surface area contributed by atoms with Crippen LogP contribution in [0.3, 0.4) is 0 Å². The van der Waals surface area contributed by atoms with Crippen molar-refractivity contribution in [3.8, 4) is 0 Å². The van der Waals surface area contributed by atoms with Gasteiger partial charge in [0.15, 0.2) is 5.76 Å². The fourth-order valence-electron chi connectivity index (χ4n) is 2.71. The Labute approximate surface area is 112 Å². The van der Waals surface area contributed by atoms with Crippen molar-refractivity contribution < 1.29 is 4.52 Å². The molecule has 0 aliphatic carbocycles. The van der Waals surface area contributed by atoms with Gasteiger partial charge in [0.2, 0.25) is 0 Å². The molecule has 19 heavy (non-hydrogen) atoms. The van der Waals surface area contributed by atoms with Crippen molar-refractivity contribution in [2.75, 3.05) is 6.54 Å². The van der Waals surface area contributed by atoms with Gasteiger partial charge in [0.1, 0.15) is 12.7 Å². The number of nitrogens with zero attached hydrogens (tertiary/aromatic N) is 5. The molecule has 1 atom stereocenters. The molecule has 102 valence electrons. The Kier molecular flexibility index (Phi) is 3.59. The Bertz CT molecular complexity index is 507. The molecule has 0 aromatic carbocycles. The Morgan fingerprint density at radius 2 is 2.37 bits per heavy atom. The minimum absolute atomic E-state index is 0.501. The van der Waals surface area contributed by atoms with Crippen molar-refractivity contribution >= 4 is 0 Å².